The van der Waals surface area contributed by atoms with Crippen LogP contribution in [-0.4, -0.2) is 18.4 Å². The summed E-state index contributed by atoms with van der Waals surface area (Å²) in [5.74, 6) is -0.718. The van der Waals surface area contributed by atoms with E-state index in [4.69, 9.17) is 4.74 Å². The maximum absolute atomic E-state index is 12.9. The molecule has 0 aliphatic heterocycles. The summed E-state index contributed by atoms with van der Waals surface area (Å²) in [4.78, 5) is 24.7. The van der Waals surface area contributed by atoms with Gasteiger partial charge in [0.05, 0.1) is 11.3 Å². The molecule has 6 heteroatoms. The van der Waals surface area contributed by atoms with Gasteiger partial charge in [0.25, 0.3) is 11.8 Å². The van der Waals surface area contributed by atoms with Crippen molar-refractivity contribution in [3.63, 3.8) is 0 Å². The molecule has 0 bridgehead atoms. The lowest BCUT2D eigenvalue weighted by Gasteiger charge is -2.12. The van der Waals surface area contributed by atoms with Gasteiger partial charge in [0.2, 0.25) is 0 Å². The summed E-state index contributed by atoms with van der Waals surface area (Å²) in [6.45, 7) is 0.126. The Morgan fingerprint density at radius 1 is 0.857 bits per heavy atom. The molecule has 0 aromatic heterocycles. The van der Waals surface area contributed by atoms with E-state index in [1.165, 1.54) is 24.3 Å². The van der Waals surface area contributed by atoms with Crippen LogP contribution < -0.4 is 15.4 Å². The van der Waals surface area contributed by atoms with Crippen LogP contribution in [0.1, 0.15) is 15.9 Å². The number of rotatable bonds is 7. The van der Waals surface area contributed by atoms with E-state index in [0.29, 0.717) is 23.5 Å². The molecule has 0 spiro atoms. The molecule has 0 radical (unpaired) electrons. The highest BCUT2D eigenvalue weighted by molar-refractivity contribution is 6.04. The van der Waals surface area contributed by atoms with Gasteiger partial charge in [-0.15, -0.1) is 0 Å². The average Bonchev–Trinajstić information content (AvgIpc) is 2.73. The summed E-state index contributed by atoms with van der Waals surface area (Å²) in [6, 6.07) is 21.6. The first-order chi connectivity index (χ1) is 13.6. The molecule has 28 heavy (non-hydrogen) atoms. The van der Waals surface area contributed by atoms with Crippen molar-refractivity contribution in [2.45, 2.75) is 6.54 Å². The maximum atomic E-state index is 12.9. The topological polar surface area (TPSA) is 67.4 Å². The third-order valence-corrected chi connectivity index (χ3v) is 3.93. The summed E-state index contributed by atoms with van der Waals surface area (Å²) in [5, 5.41) is 5.51. The molecule has 2 amide bonds. The van der Waals surface area contributed by atoms with E-state index in [0.717, 1.165) is 5.56 Å². The Bertz CT molecular complexity index is 944. The number of nitrogens with one attached hydrogen (secondary N) is 2. The summed E-state index contributed by atoms with van der Waals surface area (Å²) < 4.78 is 18.2. The second-order valence-corrected chi connectivity index (χ2v) is 6.00. The first-order valence-electron chi connectivity index (χ1n) is 8.71. The number of hydrogen-bond acceptors (Lipinski definition) is 3. The lowest BCUT2D eigenvalue weighted by Crippen LogP contribution is -2.26. The number of hydrogen-bond donors (Lipinski definition) is 2. The Hall–Kier alpha value is -3.67. The molecule has 5 nitrogen and oxygen atoms in total. The fourth-order valence-corrected chi connectivity index (χ4v) is 2.53. The molecule has 0 atom stereocenters. The molecule has 3 rings (SSSR count). The van der Waals surface area contributed by atoms with E-state index < -0.39 is 5.91 Å². The molecule has 0 fully saturated rings. The Morgan fingerprint density at radius 3 is 2.29 bits per heavy atom. The lowest BCUT2D eigenvalue weighted by atomic mass is 10.1. The van der Waals surface area contributed by atoms with Crippen molar-refractivity contribution in [3.8, 4) is 5.75 Å². The van der Waals surface area contributed by atoms with Crippen molar-refractivity contribution < 1.29 is 18.7 Å². The van der Waals surface area contributed by atoms with Crippen molar-refractivity contribution in [1.82, 2.24) is 5.32 Å². The van der Waals surface area contributed by atoms with Crippen LogP contribution in [0.3, 0.4) is 0 Å². The zero-order chi connectivity index (χ0) is 19.8. The highest BCUT2D eigenvalue weighted by Crippen LogP contribution is 2.16. The third-order valence-electron chi connectivity index (χ3n) is 3.93. The first-order valence-corrected chi connectivity index (χ1v) is 8.71. The average molecular weight is 378 g/mol. The van der Waals surface area contributed by atoms with Crippen molar-refractivity contribution in [1.29, 1.82) is 0 Å². The van der Waals surface area contributed by atoms with Crippen LogP contribution in [0.15, 0.2) is 78.9 Å². The summed E-state index contributed by atoms with van der Waals surface area (Å²) in [5.41, 5.74) is 1.72. The molecule has 0 aliphatic carbocycles. The number of ether oxygens (including phenoxy) is 1. The van der Waals surface area contributed by atoms with Gasteiger partial charge in [0, 0.05) is 6.54 Å². The number of halogens is 1. The normalized spacial score (nSPS) is 10.2. The molecule has 0 heterocycles. The SMILES string of the molecule is O=C(COc1ccc(F)cc1)Nc1ccccc1C(=O)NCc1ccccc1. The van der Waals surface area contributed by atoms with Crippen molar-refractivity contribution in [3.05, 3.63) is 95.8 Å². The fourth-order valence-electron chi connectivity index (χ4n) is 2.53. The Labute approximate surface area is 162 Å². The standard InChI is InChI=1S/C22H19FN2O3/c23-17-10-12-18(13-11-17)28-15-21(26)25-20-9-5-4-8-19(20)22(27)24-14-16-6-2-1-3-7-16/h1-13H,14-15H2,(H,24,27)(H,25,26). The quantitative estimate of drug-likeness (QED) is 0.658. The van der Waals surface area contributed by atoms with Crippen LogP contribution in [-0.2, 0) is 11.3 Å². The van der Waals surface area contributed by atoms with Crippen molar-refractivity contribution >= 4 is 17.5 Å². The molecule has 0 unspecified atom stereocenters. The van der Waals surface area contributed by atoms with Gasteiger partial charge in [-0.05, 0) is 42.0 Å². The van der Waals surface area contributed by atoms with Gasteiger partial charge in [0.1, 0.15) is 11.6 Å². The number of anilines is 1. The maximum Gasteiger partial charge on any atom is 0.262 e. The zero-order valence-corrected chi connectivity index (χ0v) is 15.0. The van der Waals surface area contributed by atoms with E-state index in [1.807, 2.05) is 30.3 Å². The smallest absolute Gasteiger partial charge is 0.262 e. The van der Waals surface area contributed by atoms with Gasteiger partial charge in [-0.25, -0.2) is 4.39 Å². The highest BCUT2D eigenvalue weighted by atomic mass is 19.1. The molecule has 2 N–H and O–H groups in total. The molecular weight excluding hydrogens is 359 g/mol. The zero-order valence-electron chi connectivity index (χ0n) is 15.0. The number of amides is 2. The summed E-state index contributed by atoms with van der Waals surface area (Å²) >= 11 is 0. The Morgan fingerprint density at radius 2 is 1.54 bits per heavy atom. The third kappa shape index (κ3) is 5.41. The molecule has 142 valence electrons. The predicted octanol–water partition coefficient (Wildman–Crippen LogP) is 3.77. The van der Waals surface area contributed by atoms with Crippen molar-refractivity contribution in [2.24, 2.45) is 0 Å². The van der Waals surface area contributed by atoms with Crippen LogP contribution in [0.4, 0.5) is 10.1 Å². The second kappa shape index (κ2) is 9.32. The van der Waals surface area contributed by atoms with Gasteiger partial charge in [-0.3, -0.25) is 9.59 Å². The van der Waals surface area contributed by atoms with Gasteiger partial charge in [-0.1, -0.05) is 42.5 Å². The van der Waals surface area contributed by atoms with Gasteiger partial charge >= 0.3 is 0 Å². The van der Waals surface area contributed by atoms with Crippen molar-refractivity contribution in [2.75, 3.05) is 11.9 Å². The van der Waals surface area contributed by atoms with Crippen LogP contribution in [0.25, 0.3) is 0 Å². The molecule has 3 aromatic rings. The Kier molecular flexibility index (Phi) is 6.36. The van der Waals surface area contributed by atoms with E-state index in [9.17, 15) is 14.0 Å². The molecule has 0 saturated heterocycles. The molecule has 0 saturated carbocycles. The minimum atomic E-state index is -0.423. The lowest BCUT2D eigenvalue weighted by molar-refractivity contribution is -0.118. The van der Waals surface area contributed by atoms with E-state index in [-0.39, 0.29) is 18.3 Å². The Balaban J connectivity index is 1.58. The molecule has 0 aliphatic rings. The monoisotopic (exact) mass is 378 g/mol. The van der Waals surface area contributed by atoms with Crippen LogP contribution in [0.5, 0.6) is 5.75 Å². The number of benzene rings is 3. The largest absolute Gasteiger partial charge is 0.484 e. The molecular formula is C22H19FN2O3. The fraction of sp³-hybridized carbons (Fsp3) is 0.0909. The van der Waals surface area contributed by atoms with Gasteiger partial charge in [-0.2, -0.15) is 0 Å². The van der Waals surface area contributed by atoms with E-state index in [1.54, 1.807) is 24.3 Å². The minimum absolute atomic E-state index is 0.258. The number of carbonyl (C=O) groups is 2. The number of carbonyl (C=O) groups excluding carboxylic acids is 2. The van der Waals surface area contributed by atoms with Crippen LogP contribution in [0.2, 0.25) is 0 Å². The van der Waals surface area contributed by atoms with Gasteiger partial charge in [0.15, 0.2) is 6.61 Å². The van der Waals surface area contributed by atoms with Gasteiger partial charge < -0.3 is 15.4 Å². The first kappa shape index (κ1) is 19.1. The second-order valence-electron chi connectivity index (χ2n) is 6.00. The molecule has 3 aromatic carbocycles. The van der Waals surface area contributed by atoms with E-state index in [2.05, 4.69) is 10.6 Å². The minimum Gasteiger partial charge on any atom is -0.484 e. The van der Waals surface area contributed by atoms with Crippen LogP contribution >= 0.6 is 0 Å². The number of para-hydroxylation sites is 1. The van der Waals surface area contributed by atoms with Crippen LogP contribution in [0, 0.1) is 5.82 Å². The highest BCUT2D eigenvalue weighted by Gasteiger charge is 2.13. The summed E-state index contributed by atoms with van der Waals surface area (Å²) in [7, 11) is 0. The van der Waals surface area contributed by atoms with E-state index >= 15 is 0 Å². The predicted molar refractivity (Wildman–Crippen MR) is 105 cm³/mol. The summed E-state index contributed by atoms with van der Waals surface area (Å²) in [6.07, 6.45) is 0.